The third-order valence-corrected chi connectivity index (χ3v) is 2.57. The van der Waals surface area contributed by atoms with Crippen LogP contribution in [0.25, 0.3) is 16.7 Å². The zero-order valence-corrected chi connectivity index (χ0v) is 8.72. The second-order valence-corrected chi connectivity index (χ2v) is 3.61. The van der Waals surface area contributed by atoms with Crippen LogP contribution in [-0.4, -0.2) is 14.5 Å². The average Bonchev–Trinajstić information content (AvgIpc) is 2.68. The summed E-state index contributed by atoms with van der Waals surface area (Å²) < 4.78 is 14.9. The first-order valence-electron chi connectivity index (χ1n) is 5.07. The Labute approximate surface area is 95.4 Å². The van der Waals surface area contributed by atoms with Crippen molar-refractivity contribution in [1.29, 1.82) is 0 Å². The van der Waals surface area contributed by atoms with Crippen molar-refractivity contribution in [1.82, 2.24) is 14.5 Å². The van der Waals surface area contributed by atoms with Crippen molar-refractivity contribution in [2.75, 3.05) is 0 Å². The first-order chi connectivity index (χ1) is 8.27. The van der Waals surface area contributed by atoms with Crippen LogP contribution in [0.15, 0.2) is 47.5 Å². The Morgan fingerprint density at radius 3 is 2.88 bits per heavy atom. The van der Waals surface area contributed by atoms with E-state index in [4.69, 9.17) is 0 Å². The van der Waals surface area contributed by atoms with Crippen molar-refractivity contribution in [3.8, 4) is 5.69 Å². The first-order valence-corrected chi connectivity index (χ1v) is 5.07. The van der Waals surface area contributed by atoms with E-state index in [2.05, 4.69) is 9.97 Å². The number of aromatic nitrogens is 3. The number of benzene rings is 1. The summed E-state index contributed by atoms with van der Waals surface area (Å²) >= 11 is 0. The van der Waals surface area contributed by atoms with Gasteiger partial charge in [-0.15, -0.1) is 0 Å². The van der Waals surface area contributed by atoms with Gasteiger partial charge in [-0.3, -0.25) is 9.55 Å². The van der Waals surface area contributed by atoms with Crippen molar-refractivity contribution in [2.24, 2.45) is 0 Å². The normalized spacial score (nSPS) is 10.9. The van der Waals surface area contributed by atoms with Crippen LogP contribution in [-0.2, 0) is 0 Å². The van der Waals surface area contributed by atoms with Gasteiger partial charge in [0, 0.05) is 6.20 Å². The minimum Gasteiger partial charge on any atom is -0.303 e. The van der Waals surface area contributed by atoms with Crippen molar-refractivity contribution < 1.29 is 4.39 Å². The second-order valence-electron chi connectivity index (χ2n) is 3.61. The molecule has 0 saturated heterocycles. The highest BCUT2D eigenvalue weighted by molar-refractivity contribution is 5.77. The molecule has 0 aliphatic carbocycles. The van der Waals surface area contributed by atoms with Crippen LogP contribution < -0.4 is 5.69 Å². The van der Waals surface area contributed by atoms with E-state index in [-0.39, 0.29) is 11.2 Å². The maximum Gasteiger partial charge on any atom is 0.331 e. The quantitative estimate of drug-likeness (QED) is 0.692. The van der Waals surface area contributed by atoms with Crippen molar-refractivity contribution >= 4 is 11.0 Å². The molecule has 0 bridgehead atoms. The molecule has 2 heterocycles. The lowest BCUT2D eigenvalue weighted by Gasteiger charge is -2.01. The molecule has 0 fully saturated rings. The fourth-order valence-corrected chi connectivity index (χ4v) is 1.84. The molecule has 17 heavy (non-hydrogen) atoms. The molecular formula is C12H8FN3O. The summed E-state index contributed by atoms with van der Waals surface area (Å²) in [5, 5.41) is 0. The molecular weight excluding hydrogens is 221 g/mol. The van der Waals surface area contributed by atoms with Crippen LogP contribution in [0.4, 0.5) is 4.39 Å². The molecule has 84 valence electrons. The smallest absolute Gasteiger partial charge is 0.303 e. The van der Waals surface area contributed by atoms with E-state index in [1.807, 2.05) is 0 Å². The molecule has 3 aromatic rings. The molecule has 0 aliphatic rings. The summed E-state index contributed by atoms with van der Waals surface area (Å²) in [5.74, 6) is -0.442. The predicted molar refractivity (Wildman–Crippen MR) is 61.6 cm³/mol. The van der Waals surface area contributed by atoms with E-state index in [0.29, 0.717) is 11.2 Å². The maximum absolute atomic E-state index is 13.5. The van der Waals surface area contributed by atoms with Gasteiger partial charge in [0.05, 0.1) is 17.4 Å². The van der Waals surface area contributed by atoms with Gasteiger partial charge >= 0.3 is 5.69 Å². The molecule has 0 amide bonds. The SMILES string of the molecule is O=c1[nH]c2c(F)cccc2n1-c1cccnc1. The van der Waals surface area contributed by atoms with Crippen LogP contribution >= 0.6 is 0 Å². The summed E-state index contributed by atoms with van der Waals surface area (Å²) in [4.78, 5) is 18.2. The number of H-pyrrole nitrogens is 1. The summed E-state index contributed by atoms with van der Waals surface area (Å²) in [7, 11) is 0. The molecule has 0 aliphatic heterocycles. The van der Waals surface area contributed by atoms with Gasteiger partial charge in [-0.05, 0) is 24.3 Å². The Morgan fingerprint density at radius 2 is 2.12 bits per heavy atom. The number of halogens is 1. The largest absolute Gasteiger partial charge is 0.331 e. The third-order valence-electron chi connectivity index (χ3n) is 2.57. The minimum atomic E-state index is -0.442. The highest BCUT2D eigenvalue weighted by Crippen LogP contribution is 2.16. The fraction of sp³-hybridized carbons (Fsp3) is 0. The summed E-state index contributed by atoms with van der Waals surface area (Å²) in [6.45, 7) is 0. The minimum absolute atomic E-state index is 0.210. The van der Waals surface area contributed by atoms with Crippen LogP contribution in [0.1, 0.15) is 0 Å². The van der Waals surface area contributed by atoms with E-state index < -0.39 is 5.82 Å². The molecule has 0 radical (unpaired) electrons. The Bertz CT molecular complexity index is 730. The van der Waals surface area contributed by atoms with E-state index in [1.54, 1.807) is 36.7 Å². The Kier molecular flexibility index (Phi) is 2.04. The summed E-state index contributed by atoms with van der Waals surface area (Å²) in [5.41, 5.74) is 0.941. The molecule has 3 rings (SSSR count). The monoisotopic (exact) mass is 229 g/mol. The third kappa shape index (κ3) is 1.44. The molecule has 0 unspecified atom stereocenters. The molecule has 0 spiro atoms. The lowest BCUT2D eigenvalue weighted by atomic mass is 10.3. The number of nitrogens with zero attached hydrogens (tertiary/aromatic N) is 2. The Morgan fingerprint density at radius 1 is 1.24 bits per heavy atom. The predicted octanol–water partition coefficient (Wildman–Crippen LogP) is 1.85. The van der Waals surface area contributed by atoms with Gasteiger partial charge in [0.25, 0.3) is 0 Å². The number of hydrogen-bond donors (Lipinski definition) is 1. The molecule has 5 heteroatoms. The molecule has 1 N–H and O–H groups in total. The fourth-order valence-electron chi connectivity index (χ4n) is 1.84. The molecule has 0 saturated carbocycles. The van der Waals surface area contributed by atoms with Crippen LogP contribution in [0.3, 0.4) is 0 Å². The van der Waals surface area contributed by atoms with Crippen LogP contribution in [0.5, 0.6) is 0 Å². The number of para-hydroxylation sites is 1. The Hall–Kier alpha value is -2.43. The van der Waals surface area contributed by atoms with E-state index in [1.165, 1.54) is 10.6 Å². The molecule has 0 atom stereocenters. The van der Waals surface area contributed by atoms with Gasteiger partial charge in [0.2, 0.25) is 0 Å². The topological polar surface area (TPSA) is 50.7 Å². The van der Waals surface area contributed by atoms with E-state index >= 15 is 0 Å². The zero-order valence-electron chi connectivity index (χ0n) is 8.72. The van der Waals surface area contributed by atoms with Gasteiger partial charge in [-0.2, -0.15) is 0 Å². The summed E-state index contributed by atoms with van der Waals surface area (Å²) in [6.07, 6.45) is 3.17. The number of imidazole rings is 1. The van der Waals surface area contributed by atoms with Gasteiger partial charge < -0.3 is 4.98 Å². The maximum atomic E-state index is 13.5. The van der Waals surface area contributed by atoms with Crippen molar-refractivity contribution in [2.45, 2.75) is 0 Å². The lowest BCUT2D eigenvalue weighted by molar-refractivity contribution is 0.637. The number of hydrogen-bond acceptors (Lipinski definition) is 2. The zero-order chi connectivity index (χ0) is 11.8. The summed E-state index contributed by atoms with van der Waals surface area (Å²) in [6, 6.07) is 8.03. The van der Waals surface area contributed by atoms with E-state index in [9.17, 15) is 9.18 Å². The number of rotatable bonds is 1. The van der Waals surface area contributed by atoms with Gasteiger partial charge in [0.15, 0.2) is 0 Å². The van der Waals surface area contributed by atoms with Gasteiger partial charge in [-0.25, -0.2) is 9.18 Å². The average molecular weight is 229 g/mol. The van der Waals surface area contributed by atoms with E-state index in [0.717, 1.165) is 0 Å². The van der Waals surface area contributed by atoms with Gasteiger partial charge in [0.1, 0.15) is 11.3 Å². The lowest BCUT2D eigenvalue weighted by Crippen LogP contribution is -2.14. The standard InChI is InChI=1S/C12H8FN3O/c13-9-4-1-5-10-11(9)15-12(17)16(10)8-3-2-6-14-7-8/h1-7H,(H,15,17). The van der Waals surface area contributed by atoms with Crippen molar-refractivity contribution in [3.63, 3.8) is 0 Å². The molecule has 2 aromatic heterocycles. The van der Waals surface area contributed by atoms with Gasteiger partial charge in [-0.1, -0.05) is 6.07 Å². The first kappa shape index (κ1) is 9.77. The highest BCUT2D eigenvalue weighted by atomic mass is 19.1. The number of fused-ring (bicyclic) bond motifs is 1. The number of aromatic amines is 1. The second kappa shape index (κ2) is 3.55. The highest BCUT2D eigenvalue weighted by Gasteiger charge is 2.10. The molecule has 1 aromatic carbocycles. The number of nitrogens with one attached hydrogen (secondary N) is 1. The van der Waals surface area contributed by atoms with Crippen molar-refractivity contribution in [3.05, 3.63) is 59.0 Å². The van der Waals surface area contributed by atoms with Crippen LogP contribution in [0.2, 0.25) is 0 Å². The molecule has 4 nitrogen and oxygen atoms in total. The Balaban J connectivity index is 2.42. The van der Waals surface area contributed by atoms with Crippen LogP contribution in [0, 0.1) is 5.82 Å². The number of pyridine rings is 1.